The monoisotopic (exact) mass is 369 g/mol. The van der Waals surface area contributed by atoms with Crippen LogP contribution in [0.1, 0.15) is 28.7 Å². The summed E-state index contributed by atoms with van der Waals surface area (Å²) in [4.78, 5) is 2.23. The molecule has 3 aromatic rings. The predicted molar refractivity (Wildman–Crippen MR) is 98.7 cm³/mol. The number of nitrogens with one attached hydrogen (secondary N) is 1. The number of ether oxygens (including phenoxy) is 1. The molecule has 1 aliphatic heterocycles. The summed E-state index contributed by atoms with van der Waals surface area (Å²) in [6.07, 6.45) is 1.74. The molecule has 4 nitrogen and oxygen atoms in total. The molecule has 2 aromatic carbocycles. The van der Waals surface area contributed by atoms with E-state index in [0.29, 0.717) is 17.9 Å². The zero-order valence-electron chi connectivity index (χ0n) is 15.0. The number of hydrogen-bond donors (Lipinski definition) is 1. The maximum atomic E-state index is 14.4. The molecule has 0 amide bonds. The molecule has 0 spiro atoms. The van der Waals surface area contributed by atoms with E-state index in [9.17, 15) is 8.78 Å². The average Bonchev–Trinajstić information content (AvgIpc) is 3.33. The highest BCUT2D eigenvalue weighted by Crippen LogP contribution is 2.39. The van der Waals surface area contributed by atoms with Crippen molar-refractivity contribution < 1.29 is 13.5 Å². The normalized spacial score (nSPS) is 20.1. The van der Waals surface area contributed by atoms with Crippen molar-refractivity contribution in [1.82, 2.24) is 15.1 Å². The molecule has 0 unspecified atom stereocenters. The Morgan fingerprint density at radius 3 is 2.52 bits per heavy atom. The van der Waals surface area contributed by atoms with Gasteiger partial charge in [0.1, 0.15) is 17.4 Å². The highest BCUT2D eigenvalue weighted by Gasteiger charge is 2.35. The van der Waals surface area contributed by atoms with Gasteiger partial charge in [0.25, 0.3) is 0 Å². The molecule has 0 bridgehead atoms. The van der Waals surface area contributed by atoms with Crippen LogP contribution in [-0.4, -0.2) is 35.3 Å². The van der Waals surface area contributed by atoms with E-state index in [0.717, 1.165) is 24.3 Å². The lowest BCUT2D eigenvalue weighted by Gasteiger charge is -2.17. The number of aromatic nitrogens is 2. The van der Waals surface area contributed by atoms with Crippen LogP contribution in [-0.2, 0) is 6.54 Å². The Balaban J connectivity index is 1.58. The van der Waals surface area contributed by atoms with Crippen molar-refractivity contribution in [2.75, 3.05) is 20.2 Å². The Bertz CT molecular complexity index is 896. The molecule has 2 atom stereocenters. The molecule has 0 radical (unpaired) electrons. The molecule has 1 aromatic heterocycles. The second-order valence-electron chi connectivity index (χ2n) is 6.93. The van der Waals surface area contributed by atoms with Gasteiger partial charge in [-0.1, -0.05) is 18.2 Å². The van der Waals surface area contributed by atoms with Crippen molar-refractivity contribution in [3.8, 4) is 5.75 Å². The van der Waals surface area contributed by atoms with Crippen molar-refractivity contribution in [1.29, 1.82) is 0 Å². The van der Waals surface area contributed by atoms with Gasteiger partial charge in [0.05, 0.1) is 7.11 Å². The zero-order chi connectivity index (χ0) is 18.8. The standard InChI is InChI=1S/C21H21F2N3O/c1-27-17-7-4-15(20(23)10-17)11-26-12-18(14-2-5-16(22)6-3-14)19(13-26)21-8-9-24-25-21/h2-10,18-19H,11-13H2,1H3,(H,24,25)/t18-,19+/m0/s1. The van der Waals surface area contributed by atoms with Crippen LogP contribution < -0.4 is 4.74 Å². The molecule has 2 heterocycles. The minimum absolute atomic E-state index is 0.187. The van der Waals surface area contributed by atoms with Crippen LogP contribution in [0, 0.1) is 11.6 Å². The number of hydrogen-bond acceptors (Lipinski definition) is 3. The Labute approximate surface area is 156 Å². The number of halogens is 2. The van der Waals surface area contributed by atoms with E-state index in [1.54, 1.807) is 18.3 Å². The van der Waals surface area contributed by atoms with Gasteiger partial charge < -0.3 is 4.74 Å². The molecule has 1 saturated heterocycles. The van der Waals surface area contributed by atoms with Gasteiger partial charge in [-0.3, -0.25) is 10.00 Å². The Morgan fingerprint density at radius 1 is 1.07 bits per heavy atom. The van der Waals surface area contributed by atoms with E-state index < -0.39 is 0 Å². The third kappa shape index (κ3) is 3.71. The Kier molecular flexibility index (Phi) is 4.90. The second-order valence-corrected chi connectivity index (χ2v) is 6.93. The molecule has 4 rings (SSSR count). The van der Waals surface area contributed by atoms with E-state index in [4.69, 9.17) is 4.74 Å². The fraction of sp³-hybridized carbons (Fsp3) is 0.286. The smallest absolute Gasteiger partial charge is 0.131 e. The minimum Gasteiger partial charge on any atom is -0.497 e. The number of methoxy groups -OCH3 is 1. The van der Waals surface area contributed by atoms with Gasteiger partial charge in [-0.25, -0.2) is 8.78 Å². The lowest BCUT2D eigenvalue weighted by Crippen LogP contribution is -2.21. The highest BCUT2D eigenvalue weighted by atomic mass is 19.1. The molecular formula is C21H21F2N3O. The van der Waals surface area contributed by atoms with Gasteiger partial charge >= 0.3 is 0 Å². The Morgan fingerprint density at radius 2 is 1.85 bits per heavy atom. The fourth-order valence-corrected chi connectivity index (χ4v) is 3.87. The lowest BCUT2D eigenvalue weighted by molar-refractivity contribution is 0.317. The SMILES string of the molecule is COc1ccc(CN2C[C@@H](c3ccc(F)cc3)[C@H](c3ccn[nH]3)C2)c(F)c1. The van der Waals surface area contributed by atoms with Crippen LogP contribution in [0.15, 0.2) is 54.7 Å². The fourth-order valence-electron chi connectivity index (χ4n) is 3.87. The van der Waals surface area contributed by atoms with Gasteiger partial charge in [-0.15, -0.1) is 0 Å². The van der Waals surface area contributed by atoms with Crippen molar-refractivity contribution in [3.63, 3.8) is 0 Å². The summed E-state index contributed by atoms with van der Waals surface area (Å²) in [6.45, 7) is 2.05. The summed E-state index contributed by atoms with van der Waals surface area (Å²) < 4.78 is 32.8. The van der Waals surface area contributed by atoms with Crippen LogP contribution in [0.2, 0.25) is 0 Å². The zero-order valence-corrected chi connectivity index (χ0v) is 15.0. The first-order valence-electron chi connectivity index (χ1n) is 8.93. The van der Waals surface area contributed by atoms with Gasteiger partial charge in [-0.05, 0) is 29.8 Å². The molecule has 6 heteroatoms. The van der Waals surface area contributed by atoms with E-state index in [-0.39, 0.29) is 23.5 Å². The molecule has 1 aliphatic rings. The second kappa shape index (κ2) is 7.48. The number of H-pyrrole nitrogens is 1. The first kappa shape index (κ1) is 17.7. The first-order chi connectivity index (χ1) is 13.1. The third-order valence-electron chi connectivity index (χ3n) is 5.27. The van der Waals surface area contributed by atoms with Gasteiger partial charge in [0.2, 0.25) is 0 Å². The molecule has 1 N–H and O–H groups in total. The minimum atomic E-state index is -0.266. The first-order valence-corrected chi connectivity index (χ1v) is 8.93. The summed E-state index contributed by atoms with van der Waals surface area (Å²) in [5.41, 5.74) is 2.76. The number of rotatable bonds is 5. The molecule has 140 valence electrons. The van der Waals surface area contributed by atoms with E-state index >= 15 is 0 Å². The highest BCUT2D eigenvalue weighted by molar-refractivity contribution is 5.31. The molecule has 1 fully saturated rings. The molecular weight excluding hydrogens is 348 g/mol. The largest absolute Gasteiger partial charge is 0.497 e. The Hall–Kier alpha value is -2.73. The summed E-state index contributed by atoms with van der Waals surface area (Å²) in [6, 6.07) is 13.6. The summed E-state index contributed by atoms with van der Waals surface area (Å²) in [7, 11) is 1.53. The van der Waals surface area contributed by atoms with Crippen LogP contribution in [0.4, 0.5) is 8.78 Å². The van der Waals surface area contributed by atoms with Crippen molar-refractivity contribution >= 4 is 0 Å². The number of nitrogens with zero attached hydrogens (tertiary/aromatic N) is 2. The van der Waals surface area contributed by atoms with Crippen LogP contribution in [0.5, 0.6) is 5.75 Å². The predicted octanol–water partition coefficient (Wildman–Crippen LogP) is 4.08. The van der Waals surface area contributed by atoms with E-state index in [2.05, 4.69) is 15.1 Å². The van der Waals surface area contributed by atoms with Crippen molar-refractivity contribution in [2.45, 2.75) is 18.4 Å². The van der Waals surface area contributed by atoms with Gasteiger partial charge in [-0.2, -0.15) is 5.10 Å². The summed E-state index contributed by atoms with van der Waals surface area (Å²) >= 11 is 0. The van der Waals surface area contributed by atoms with Crippen LogP contribution in [0.25, 0.3) is 0 Å². The van der Waals surface area contributed by atoms with Crippen molar-refractivity contribution in [2.24, 2.45) is 0 Å². The lowest BCUT2D eigenvalue weighted by atomic mass is 9.87. The van der Waals surface area contributed by atoms with Crippen molar-refractivity contribution in [3.05, 3.63) is 83.2 Å². The topological polar surface area (TPSA) is 41.1 Å². The van der Waals surface area contributed by atoms with Gasteiger partial charge in [0, 0.05) is 55.0 Å². The quantitative estimate of drug-likeness (QED) is 0.737. The van der Waals surface area contributed by atoms with E-state index in [1.165, 1.54) is 25.3 Å². The van der Waals surface area contributed by atoms with E-state index in [1.807, 2.05) is 18.2 Å². The number of benzene rings is 2. The maximum absolute atomic E-state index is 14.4. The number of likely N-dealkylation sites (tertiary alicyclic amines) is 1. The maximum Gasteiger partial charge on any atom is 0.131 e. The number of aromatic amines is 1. The average molecular weight is 369 g/mol. The molecule has 27 heavy (non-hydrogen) atoms. The third-order valence-corrected chi connectivity index (χ3v) is 5.27. The van der Waals surface area contributed by atoms with Crippen LogP contribution in [0.3, 0.4) is 0 Å². The molecule has 0 saturated carbocycles. The van der Waals surface area contributed by atoms with Crippen LogP contribution >= 0.6 is 0 Å². The summed E-state index contributed by atoms with van der Waals surface area (Å²) in [5, 5.41) is 7.13. The van der Waals surface area contributed by atoms with Gasteiger partial charge in [0.15, 0.2) is 0 Å². The summed E-state index contributed by atoms with van der Waals surface area (Å²) in [5.74, 6) is 0.383. The molecule has 0 aliphatic carbocycles.